The third kappa shape index (κ3) is 4.77. The number of hydrogen-bond acceptors (Lipinski definition) is 3. The van der Waals surface area contributed by atoms with Crippen molar-refractivity contribution in [1.29, 1.82) is 0 Å². The highest BCUT2D eigenvalue weighted by molar-refractivity contribution is 9.10. The Morgan fingerprint density at radius 2 is 1.57 bits per heavy atom. The Labute approximate surface area is 188 Å². The molecule has 156 valence electrons. The molecule has 1 atom stereocenters. The lowest BCUT2D eigenvalue weighted by molar-refractivity contribution is 0.0810. The average Bonchev–Trinajstić information content (AvgIpc) is 2.78. The van der Waals surface area contributed by atoms with Gasteiger partial charge in [0.2, 0.25) is 0 Å². The number of rotatable bonds is 6. The Morgan fingerprint density at radius 3 is 2.17 bits per heavy atom. The smallest absolute Gasteiger partial charge is 0.123 e. The molecule has 1 aliphatic rings. The average molecular weight is 465 g/mol. The van der Waals surface area contributed by atoms with Gasteiger partial charge in [0.15, 0.2) is 0 Å². The van der Waals surface area contributed by atoms with Crippen LogP contribution in [0.1, 0.15) is 22.6 Å². The molecule has 0 saturated carbocycles. The summed E-state index contributed by atoms with van der Waals surface area (Å²) in [5.74, 6) is 1.29. The van der Waals surface area contributed by atoms with Gasteiger partial charge in [-0.25, -0.2) is 0 Å². The van der Waals surface area contributed by atoms with Gasteiger partial charge in [0.05, 0.1) is 7.11 Å². The second kappa shape index (κ2) is 9.78. The van der Waals surface area contributed by atoms with Crippen molar-refractivity contribution in [3.63, 3.8) is 0 Å². The molecule has 0 radical (unpaired) electrons. The topological polar surface area (TPSA) is 15.7 Å². The van der Waals surface area contributed by atoms with Crippen molar-refractivity contribution in [3.05, 3.63) is 100 Å². The van der Waals surface area contributed by atoms with Crippen LogP contribution in [0.15, 0.2) is 83.3 Å². The minimum atomic E-state index is 0.338. The third-order valence-electron chi connectivity index (χ3n) is 6.12. The summed E-state index contributed by atoms with van der Waals surface area (Å²) in [5, 5.41) is 0. The molecule has 0 spiro atoms. The molecule has 0 bridgehead atoms. The summed E-state index contributed by atoms with van der Waals surface area (Å²) in [6.07, 6.45) is 0. The van der Waals surface area contributed by atoms with Crippen molar-refractivity contribution in [3.8, 4) is 5.75 Å². The summed E-state index contributed by atoms with van der Waals surface area (Å²) in [6.45, 7) is 4.01. The van der Waals surface area contributed by atoms with Crippen molar-refractivity contribution in [2.75, 3.05) is 33.8 Å². The number of halogens is 1. The summed E-state index contributed by atoms with van der Waals surface area (Å²) in [7, 11) is 4.01. The highest BCUT2D eigenvalue weighted by Crippen LogP contribution is 2.33. The first-order valence-corrected chi connectivity index (χ1v) is 11.3. The van der Waals surface area contributed by atoms with Gasteiger partial charge in [-0.05, 0) is 36.4 Å². The third-order valence-corrected chi connectivity index (χ3v) is 6.61. The van der Waals surface area contributed by atoms with Crippen LogP contribution < -0.4 is 4.74 Å². The van der Waals surface area contributed by atoms with E-state index in [1.54, 1.807) is 7.11 Å². The number of methoxy groups -OCH3 is 1. The first kappa shape index (κ1) is 21.1. The van der Waals surface area contributed by atoms with Gasteiger partial charge in [0, 0.05) is 48.2 Å². The lowest BCUT2D eigenvalue weighted by Gasteiger charge is -2.43. The van der Waals surface area contributed by atoms with E-state index < -0.39 is 0 Å². The number of benzene rings is 3. The van der Waals surface area contributed by atoms with Crippen LogP contribution in [0.2, 0.25) is 0 Å². The predicted octanol–water partition coefficient (Wildman–Crippen LogP) is 5.41. The Hall–Kier alpha value is -2.14. The van der Waals surface area contributed by atoms with Crippen LogP contribution >= 0.6 is 15.9 Å². The number of nitrogens with zero attached hydrogens (tertiary/aromatic N) is 2. The summed E-state index contributed by atoms with van der Waals surface area (Å²) in [4.78, 5) is 5.09. The van der Waals surface area contributed by atoms with Crippen LogP contribution in [0.25, 0.3) is 0 Å². The van der Waals surface area contributed by atoms with Crippen LogP contribution in [0, 0.1) is 0 Å². The van der Waals surface area contributed by atoms with E-state index in [1.165, 1.54) is 16.7 Å². The van der Waals surface area contributed by atoms with Gasteiger partial charge in [-0.1, -0.05) is 76.6 Å². The van der Waals surface area contributed by atoms with Crippen molar-refractivity contribution in [2.45, 2.75) is 18.5 Å². The van der Waals surface area contributed by atoms with E-state index in [1.807, 2.05) is 12.1 Å². The zero-order valence-corrected chi connectivity index (χ0v) is 19.3. The fourth-order valence-electron chi connectivity index (χ4n) is 4.53. The van der Waals surface area contributed by atoms with E-state index in [4.69, 9.17) is 4.74 Å². The van der Waals surface area contributed by atoms with Gasteiger partial charge >= 0.3 is 0 Å². The quantitative estimate of drug-likeness (QED) is 0.485. The first-order chi connectivity index (χ1) is 14.7. The Morgan fingerprint density at radius 1 is 0.933 bits per heavy atom. The predicted molar refractivity (Wildman–Crippen MR) is 127 cm³/mol. The number of piperazine rings is 1. The molecule has 3 aromatic rings. The molecule has 1 heterocycles. The Bertz CT molecular complexity index is 908. The largest absolute Gasteiger partial charge is 0.496 e. The van der Waals surface area contributed by atoms with Gasteiger partial charge in [0.25, 0.3) is 0 Å². The molecular formula is C26H29BrN2O. The molecule has 1 aliphatic heterocycles. The van der Waals surface area contributed by atoms with E-state index >= 15 is 0 Å². The molecule has 1 unspecified atom stereocenters. The number of likely N-dealkylation sites (N-methyl/N-ethyl adjacent to an activating group) is 1. The minimum absolute atomic E-state index is 0.338. The molecule has 0 aliphatic carbocycles. The van der Waals surface area contributed by atoms with E-state index in [0.717, 1.165) is 36.4 Å². The fraction of sp³-hybridized carbons (Fsp3) is 0.308. The summed E-state index contributed by atoms with van der Waals surface area (Å²) < 4.78 is 6.71. The fourth-order valence-corrected chi connectivity index (χ4v) is 4.94. The van der Waals surface area contributed by atoms with Crippen molar-refractivity contribution >= 4 is 15.9 Å². The lowest BCUT2D eigenvalue weighted by Crippen LogP contribution is -2.53. The molecular weight excluding hydrogens is 436 g/mol. The second-order valence-corrected chi connectivity index (χ2v) is 8.95. The van der Waals surface area contributed by atoms with Crippen LogP contribution in [-0.2, 0) is 6.54 Å². The molecule has 1 fully saturated rings. The van der Waals surface area contributed by atoms with Crippen molar-refractivity contribution in [1.82, 2.24) is 9.80 Å². The van der Waals surface area contributed by atoms with Gasteiger partial charge in [-0.3, -0.25) is 9.80 Å². The Balaban J connectivity index is 1.62. The summed E-state index contributed by atoms with van der Waals surface area (Å²) in [5.41, 5.74) is 3.98. The summed E-state index contributed by atoms with van der Waals surface area (Å²) in [6, 6.07) is 28.5. The SMILES string of the molecule is COc1ccc(Br)cc1CN1CCN(C)C(C(c2ccccc2)c2ccccc2)C1. The highest BCUT2D eigenvalue weighted by atomic mass is 79.9. The summed E-state index contributed by atoms with van der Waals surface area (Å²) >= 11 is 3.61. The molecule has 0 aromatic heterocycles. The monoisotopic (exact) mass is 464 g/mol. The molecule has 4 heteroatoms. The van der Waals surface area contributed by atoms with Crippen LogP contribution in [0.4, 0.5) is 0 Å². The minimum Gasteiger partial charge on any atom is -0.496 e. The van der Waals surface area contributed by atoms with Gasteiger partial charge in [-0.15, -0.1) is 0 Å². The highest BCUT2D eigenvalue weighted by Gasteiger charge is 2.33. The zero-order chi connectivity index (χ0) is 20.9. The zero-order valence-electron chi connectivity index (χ0n) is 17.7. The molecule has 0 N–H and O–H groups in total. The molecule has 3 aromatic carbocycles. The van der Waals surface area contributed by atoms with E-state index in [-0.39, 0.29) is 0 Å². The second-order valence-electron chi connectivity index (χ2n) is 8.04. The van der Waals surface area contributed by atoms with Crippen LogP contribution in [-0.4, -0.2) is 49.6 Å². The van der Waals surface area contributed by atoms with Gasteiger partial charge < -0.3 is 4.74 Å². The first-order valence-electron chi connectivity index (χ1n) is 10.5. The molecule has 1 saturated heterocycles. The molecule has 0 amide bonds. The van der Waals surface area contributed by atoms with Gasteiger partial charge in [-0.2, -0.15) is 0 Å². The van der Waals surface area contributed by atoms with Crippen molar-refractivity contribution in [2.24, 2.45) is 0 Å². The molecule has 4 rings (SSSR count). The maximum atomic E-state index is 5.62. The van der Waals surface area contributed by atoms with Crippen LogP contribution in [0.5, 0.6) is 5.75 Å². The molecule has 3 nitrogen and oxygen atoms in total. The van der Waals surface area contributed by atoms with Crippen molar-refractivity contribution < 1.29 is 4.74 Å². The van der Waals surface area contributed by atoms with Gasteiger partial charge in [0.1, 0.15) is 5.75 Å². The maximum Gasteiger partial charge on any atom is 0.123 e. The van der Waals surface area contributed by atoms with E-state index in [9.17, 15) is 0 Å². The molecule has 30 heavy (non-hydrogen) atoms. The van der Waals surface area contributed by atoms with E-state index in [2.05, 4.69) is 99.5 Å². The number of ether oxygens (including phenoxy) is 1. The Kier molecular flexibility index (Phi) is 6.88. The standard InChI is InChI=1S/C26H29BrN2O/c1-28-15-16-29(18-22-17-23(27)13-14-25(22)30-2)19-24(28)26(20-9-5-3-6-10-20)21-11-7-4-8-12-21/h3-14,17,24,26H,15-16,18-19H2,1-2H3. The maximum absolute atomic E-state index is 5.62. The normalized spacial score (nSPS) is 17.9. The van der Waals surface area contributed by atoms with Crippen LogP contribution in [0.3, 0.4) is 0 Å². The van der Waals surface area contributed by atoms with E-state index in [0.29, 0.717) is 12.0 Å². The number of hydrogen-bond donors (Lipinski definition) is 0. The lowest BCUT2D eigenvalue weighted by atomic mass is 9.83.